The van der Waals surface area contributed by atoms with E-state index in [4.69, 9.17) is 11.5 Å². The normalized spacial score (nSPS) is 11.1. The number of carboxylic acids is 1. The van der Waals surface area contributed by atoms with Crippen LogP contribution in [0.15, 0.2) is 0 Å². The number of carbonyl (C=O) groups excluding carboxylic acids is 2. The highest BCUT2D eigenvalue weighted by molar-refractivity contribution is 5.94. The minimum atomic E-state index is -0.970. The van der Waals surface area contributed by atoms with Crippen LogP contribution in [-0.4, -0.2) is 29.1 Å². The van der Waals surface area contributed by atoms with Gasteiger partial charge in [-0.05, 0) is 12.8 Å². The van der Waals surface area contributed by atoms with Crippen molar-refractivity contribution in [3.05, 3.63) is 0 Å². The van der Waals surface area contributed by atoms with E-state index in [1.807, 2.05) is 6.92 Å². The average Bonchev–Trinajstić information content (AvgIpc) is 2.27. The van der Waals surface area contributed by atoms with Crippen molar-refractivity contribution in [3.63, 3.8) is 0 Å². The predicted octanol–water partition coefficient (Wildman–Crippen LogP) is 0.869. The van der Waals surface area contributed by atoms with Crippen molar-refractivity contribution in [2.75, 3.05) is 0 Å². The number of aliphatic carboxylic acids is 1. The first-order valence-corrected chi connectivity index (χ1v) is 5.77. The van der Waals surface area contributed by atoms with E-state index in [-0.39, 0.29) is 19.3 Å². The lowest BCUT2D eigenvalue weighted by Gasteiger charge is -2.12. The number of nitrogens with one attached hydrogen (secondary N) is 2. The van der Waals surface area contributed by atoms with Crippen LogP contribution in [0.5, 0.6) is 0 Å². The van der Waals surface area contributed by atoms with Gasteiger partial charge in [-0.2, -0.15) is 0 Å². The number of hydrogen-bond donors (Lipinski definition) is 3. The molecular weight excluding hydrogens is 236 g/mol. The lowest BCUT2D eigenvalue weighted by atomic mass is 10.2. The van der Waals surface area contributed by atoms with Gasteiger partial charge in [0, 0.05) is 12.8 Å². The standard InChI is InChI=1S/C12H18N2O4/c1-3-6-9(4-2)13-12(18)14-10(15)7-5-8-11(16)17/h2,9H,3,5-8H2,1H3,(H,16,17)(H2,13,14,15,18). The second-order valence-corrected chi connectivity index (χ2v) is 3.78. The van der Waals surface area contributed by atoms with Crippen LogP contribution in [0.4, 0.5) is 4.79 Å². The average molecular weight is 254 g/mol. The van der Waals surface area contributed by atoms with Crippen molar-refractivity contribution in [2.45, 2.75) is 45.1 Å². The SMILES string of the molecule is C#CC(CCC)NC(=O)NC(=O)CCCC(=O)O. The largest absolute Gasteiger partial charge is 0.481 e. The molecule has 0 aromatic heterocycles. The number of urea groups is 1. The van der Waals surface area contributed by atoms with Crippen molar-refractivity contribution >= 4 is 17.9 Å². The monoisotopic (exact) mass is 254 g/mol. The Morgan fingerprint density at radius 2 is 2.00 bits per heavy atom. The van der Waals surface area contributed by atoms with E-state index in [1.165, 1.54) is 0 Å². The number of imide groups is 1. The van der Waals surface area contributed by atoms with Gasteiger partial charge in [-0.15, -0.1) is 6.42 Å². The fraction of sp³-hybridized carbons (Fsp3) is 0.583. The van der Waals surface area contributed by atoms with E-state index in [9.17, 15) is 14.4 Å². The van der Waals surface area contributed by atoms with E-state index in [0.717, 1.165) is 6.42 Å². The maximum atomic E-state index is 11.3. The second kappa shape index (κ2) is 9.05. The maximum Gasteiger partial charge on any atom is 0.322 e. The molecule has 18 heavy (non-hydrogen) atoms. The first-order valence-electron chi connectivity index (χ1n) is 5.77. The Kier molecular flexibility index (Phi) is 8.03. The van der Waals surface area contributed by atoms with Gasteiger partial charge < -0.3 is 10.4 Å². The topological polar surface area (TPSA) is 95.5 Å². The van der Waals surface area contributed by atoms with Crippen molar-refractivity contribution < 1.29 is 19.5 Å². The van der Waals surface area contributed by atoms with Gasteiger partial charge in [-0.25, -0.2) is 4.79 Å². The van der Waals surface area contributed by atoms with E-state index < -0.39 is 23.9 Å². The molecule has 0 aromatic rings. The Hall–Kier alpha value is -2.03. The zero-order valence-electron chi connectivity index (χ0n) is 10.4. The zero-order chi connectivity index (χ0) is 14.0. The Bertz CT molecular complexity index is 346. The fourth-order valence-corrected chi connectivity index (χ4v) is 1.27. The Balaban J connectivity index is 3.90. The summed E-state index contributed by atoms with van der Waals surface area (Å²) >= 11 is 0. The molecule has 3 N–H and O–H groups in total. The molecule has 100 valence electrons. The number of hydrogen-bond acceptors (Lipinski definition) is 3. The molecule has 0 aromatic carbocycles. The summed E-state index contributed by atoms with van der Waals surface area (Å²) in [5.41, 5.74) is 0. The van der Waals surface area contributed by atoms with Gasteiger partial charge in [0.15, 0.2) is 0 Å². The highest BCUT2D eigenvalue weighted by Crippen LogP contribution is 1.96. The molecule has 0 aliphatic rings. The van der Waals surface area contributed by atoms with Crippen molar-refractivity contribution in [1.29, 1.82) is 0 Å². The smallest absolute Gasteiger partial charge is 0.322 e. The molecule has 1 atom stereocenters. The van der Waals surface area contributed by atoms with Crippen LogP contribution in [0, 0.1) is 12.3 Å². The Labute approximate surface area is 106 Å². The van der Waals surface area contributed by atoms with Gasteiger partial charge >= 0.3 is 12.0 Å². The van der Waals surface area contributed by atoms with Crippen LogP contribution in [0.25, 0.3) is 0 Å². The Morgan fingerprint density at radius 3 is 2.50 bits per heavy atom. The highest BCUT2D eigenvalue weighted by atomic mass is 16.4. The zero-order valence-corrected chi connectivity index (χ0v) is 10.4. The molecule has 0 saturated heterocycles. The lowest BCUT2D eigenvalue weighted by molar-refractivity contribution is -0.137. The first kappa shape index (κ1) is 16.0. The summed E-state index contributed by atoms with van der Waals surface area (Å²) in [5, 5.41) is 13.0. The first-order chi connectivity index (χ1) is 8.49. The van der Waals surface area contributed by atoms with Gasteiger partial charge in [0.2, 0.25) is 5.91 Å². The van der Waals surface area contributed by atoms with Gasteiger partial charge in [0.25, 0.3) is 0 Å². The number of amides is 3. The molecule has 0 saturated carbocycles. The quantitative estimate of drug-likeness (QED) is 0.587. The van der Waals surface area contributed by atoms with Crippen LogP contribution in [-0.2, 0) is 9.59 Å². The molecule has 0 bridgehead atoms. The summed E-state index contributed by atoms with van der Waals surface area (Å²) in [5.74, 6) is 0.922. The van der Waals surface area contributed by atoms with E-state index in [2.05, 4.69) is 16.6 Å². The van der Waals surface area contributed by atoms with Gasteiger partial charge in [0.05, 0.1) is 6.04 Å². The molecule has 1 unspecified atom stereocenters. The van der Waals surface area contributed by atoms with Crippen LogP contribution < -0.4 is 10.6 Å². The highest BCUT2D eigenvalue weighted by Gasteiger charge is 2.11. The van der Waals surface area contributed by atoms with Crippen molar-refractivity contribution in [2.24, 2.45) is 0 Å². The molecule has 3 amide bonds. The molecule has 0 rings (SSSR count). The molecule has 0 aliphatic carbocycles. The van der Waals surface area contributed by atoms with Gasteiger partial charge in [0.1, 0.15) is 0 Å². The molecular formula is C12H18N2O4. The predicted molar refractivity (Wildman–Crippen MR) is 65.7 cm³/mol. The van der Waals surface area contributed by atoms with Crippen LogP contribution in [0.2, 0.25) is 0 Å². The molecule has 6 nitrogen and oxygen atoms in total. The molecule has 0 fully saturated rings. The summed E-state index contributed by atoms with van der Waals surface area (Å²) in [6.07, 6.45) is 6.76. The Morgan fingerprint density at radius 1 is 1.33 bits per heavy atom. The summed E-state index contributed by atoms with van der Waals surface area (Å²) in [7, 11) is 0. The summed E-state index contributed by atoms with van der Waals surface area (Å²) in [6, 6.07) is -1.05. The van der Waals surface area contributed by atoms with Crippen molar-refractivity contribution in [1.82, 2.24) is 10.6 Å². The van der Waals surface area contributed by atoms with Gasteiger partial charge in [-0.1, -0.05) is 19.3 Å². The lowest BCUT2D eigenvalue weighted by Crippen LogP contribution is -2.44. The van der Waals surface area contributed by atoms with E-state index >= 15 is 0 Å². The van der Waals surface area contributed by atoms with Crippen LogP contribution in [0.1, 0.15) is 39.0 Å². The summed E-state index contributed by atoms with van der Waals surface area (Å²) in [6.45, 7) is 1.93. The maximum absolute atomic E-state index is 11.3. The number of terminal acetylenes is 1. The van der Waals surface area contributed by atoms with Gasteiger partial charge in [-0.3, -0.25) is 14.9 Å². The fourth-order valence-electron chi connectivity index (χ4n) is 1.27. The van der Waals surface area contributed by atoms with E-state index in [1.54, 1.807) is 0 Å². The third-order valence-electron chi connectivity index (χ3n) is 2.13. The second-order valence-electron chi connectivity index (χ2n) is 3.78. The minimum absolute atomic E-state index is 0.00574. The molecule has 0 aliphatic heterocycles. The molecule has 0 radical (unpaired) electrons. The number of carboxylic acid groups (broad SMARTS) is 1. The molecule has 0 spiro atoms. The summed E-state index contributed by atoms with van der Waals surface area (Å²) < 4.78 is 0. The number of carbonyl (C=O) groups is 3. The van der Waals surface area contributed by atoms with Crippen LogP contribution >= 0.6 is 0 Å². The molecule has 0 heterocycles. The molecule has 6 heteroatoms. The van der Waals surface area contributed by atoms with Crippen molar-refractivity contribution in [3.8, 4) is 12.3 Å². The summed E-state index contributed by atoms with van der Waals surface area (Å²) in [4.78, 5) is 32.8. The third kappa shape index (κ3) is 8.16. The third-order valence-corrected chi connectivity index (χ3v) is 2.13. The van der Waals surface area contributed by atoms with E-state index in [0.29, 0.717) is 6.42 Å². The van der Waals surface area contributed by atoms with Crippen LogP contribution in [0.3, 0.4) is 0 Å². The minimum Gasteiger partial charge on any atom is -0.481 e. The number of rotatable bonds is 7.